The van der Waals surface area contributed by atoms with Gasteiger partial charge >= 0.3 is 18.1 Å². The normalized spacial score (nSPS) is 34.4. The molecule has 152 valence electrons. The highest BCUT2D eigenvalue weighted by Gasteiger charge is 2.60. The van der Waals surface area contributed by atoms with Crippen molar-refractivity contribution in [2.24, 2.45) is 11.8 Å². The minimum absolute atomic E-state index is 0.0353. The van der Waals surface area contributed by atoms with Crippen molar-refractivity contribution in [1.29, 1.82) is 0 Å². The first-order chi connectivity index (χ1) is 12.5. The average molecular weight is 390 g/mol. The molecule has 0 aromatic carbocycles. The van der Waals surface area contributed by atoms with Crippen molar-refractivity contribution in [2.45, 2.75) is 69.2 Å². The van der Waals surface area contributed by atoms with Gasteiger partial charge in [0.1, 0.15) is 18.6 Å². The van der Waals surface area contributed by atoms with Gasteiger partial charge in [-0.1, -0.05) is 6.58 Å². The Hall–Kier alpha value is -1.57. The third kappa shape index (κ3) is 4.83. The van der Waals surface area contributed by atoms with Gasteiger partial charge in [-0.25, -0.2) is 4.79 Å². The lowest BCUT2D eigenvalue weighted by Crippen LogP contribution is -2.61. The summed E-state index contributed by atoms with van der Waals surface area (Å²) in [4.78, 5) is 23.2. The number of ether oxygens (including phenoxy) is 3. The zero-order chi connectivity index (χ0) is 19.9. The number of hydrogen-bond donors (Lipinski definition) is 0. The molecule has 4 aliphatic rings. The number of carbonyl (C=O) groups excluding carboxylic acids is 2. The number of esters is 2. The SMILES string of the molecule is C=C(C)C(=O)OC12CC3CC(CC(OCCOC(=O)CC(F)(F)F)(C3)C1)C2. The van der Waals surface area contributed by atoms with Gasteiger partial charge < -0.3 is 14.2 Å². The summed E-state index contributed by atoms with van der Waals surface area (Å²) < 4.78 is 52.9. The molecule has 0 aliphatic heterocycles. The van der Waals surface area contributed by atoms with Crippen LogP contribution in [0.5, 0.6) is 0 Å². The van der Waals surface area contributed by atoms with Crippen LogP contribution in [0.15, 0.2) is 12.2 Å². The highest BCUT2D eigenvalue weighted by molar-refractivity contribution is 5.87. The zero-order valence-corrected chi connectivity index (χ0v) is 15.4. The van der Waals surface area contributed by atoms with E-state index in [1.807, 2.05) is 0 Å². The van der Waals surface area contributed by atoms with E-state index in [2.05, 4.69) is 11.3 Å². The van der Waals surface area contributed by atoms with Crippen LogP contribution < -0.4 is 0 Å². The molecule has 0 heterocycles. The van der Waals surface area contributed by atoms with Crippen molar-refractivity contribution in [3.8, 4) is 0 Å². The Balaban J connectivity index is 1.55. The Kier molecular flexibility index (Phi) is 5.31. The molecule has 5 nitrogen and oxygen atoms in total. The van der Waals surface area contributed by atoms with Crippen molar-refractivity contribution in [1.82, 2.24) is 0 Å². The largest absolute Gasteiger partial charge is 0.463 e. The molecule has 0 saturated heterocycles. The predicted molar refractivity (Wildman–Crippen MR) is 88.6 cm³/mol. The second-order valence-corrected chi connectivity index (χ2v) is 8.36. The van der Waals surface area contributed by atoms with Gasteiger partial charge in [0.2, 0.25) is 0 Å². The first-order valence-electron chi connectivity index (χ1n) is 9.25. The third-order valence-corrected chi connectivity index (χ3v) is 5.71. The molecule has 0 radical (unpaired) electrons. The number of halogens is 3. The lowest BCUT2D eigenvalue weighted by atomic mass is 9.52. The minimum atomic E-state index is -4.57. The van der Waals surface area contributed by atoms with Crippen molar-refractivity contribution in [3.05, 3.63) is 12.2 Å². The lowest BCUT2D eigenvalue weighted by Gasteiger charge is -2.60. The Morgan fingerprint density at radius 2 is 1.67 bits per heavy atom. The fourth-order valence-electron chi connectivity index (χ4n) is 5.30. The van der Waals surface area contributed by atoms with E-state index in [0.717, 1.165) is 32.1 Å². The number of rotatable bonds is 7. The van der Waals surface area contributed by atoms with Gasteiger partial charge in [-0.2, -0.15) is 13.2 Å². The maximum Gasteiger partial charge on any atom is 0.399 e. The van der Waals surface area contributed by atoms with Crippen LogP contribution in [0.4, 0.5) is 13.2 Å². The number of hydrogen-bond acceptors (Lipinski definition) is 5. The predicted octanol–water partition coefficient (Wildman–Crippen LogP) is 3.71. The van der Waals surface area contributed by atoms with Crippen LogP contribution in [-0.4, -0.2) is 42.5 Å². The standard InChI is InChI=1S/C19H25F3O5/c1-12(2)16(24)27-18-8-13-5-14(9-18)7-17(6-13,11-18)26-4-3-25-15(23)10-19(20,21)22/h13-14H,1,3-11H2,2H3. The summed E-state index contributed by atoms with van der Waals surface area (Å²) in [6.45, 7) is 5.07. The van der Waals surface area contributed by atoms with Gasteiger partial charge in [0.05, 0.1) is 12.2 Å². The first kappa shape index (κ1) is 20.2. The molecule has 2 atom stereocenters. The molecule has 4 aliphatic carbocycles. The van der Waals surface area contributed by atoms with E-state index in [1.54, 1.807) is 6.92 Å². The second-order valence-electron chi connectivity index (χ2n) is 8.36. The summed E-state index contributed by atoms with van der Waals surface area (Å²) in [5.41, 5.74) is -0.652. The lowest BCUT2D eigenvalue weighted by molar-refractivity contribution is -0.234. The first-order valence-corrected chi connectivity index (χ1v) is 9.25. The summed E-state index contributed by atoms with van der Waals surface area (Å²) in [5, 5.41) is 0. The van der Waals surface area contributed by atoms with Gasteiger partial charge in [-0.15, -0.1) is 0 Å². The monoisotopic (exact) mass is 390 g/mol. The third-order valence-electron chi connectivity index (χ3n) is 5.71. The van der Waals surface area contributed by atoms with Gasteiger partial charge in [-0.05, 0) is 50.9 Å². The quantitative estimate of drug-likeness (QED) is 0.377. The molecule has 4 rings (SSSR count). The maximum atomic E-state index is 12.1. The van der Waals surface area contributed by atoms with Crippen LogP contribution in [0.3, 0.4) is 0 Å². The van der Waals surface area contributed by atoms with Crippen molar-refractivity contribution in [3.63, 3.8) is 0 Å². The Morgan fingerprint density at radius 3 is 2.22 bits per heavy atom. The summed E-state index contributed by atoms with van der Waals surface area (Å²) in [5.74, 6) is -0.898. The second kappa shape index (κ2) is 7.11. The average Bonchev–Trinajstić information content (AvgIpc) is 2.48. The molecular formula is C19H25F3O5. The molecule has 4 saturated carbocycles. The molecule has 2 unspecified atom stereocenters. The van der Waals surface area contributed by atoms with Crippen molar-refractivity contribution < 1.29 is 37.0 Å². The number of alkyl halides is 3. The molecule has 4 fully saturated rings. The van der Waals surface area contributed by atoms with E-state index in [0.29, 0.717) is 23.8 Å². The Labute approximate surface area is 156 Å². The zero-order valence-electron chi connectivity index (χ0n) is 15.4. The van der Waals surface area contributed by atoms with Gasteiger partial charge in [0, 0.05) is 12.0 Å². The van der Waals surface area contributed by atoms with Crippen LogP contribution >= 0.6 is 0 Å². The van der Waals surface area contributed by atoms with Crippen LogP contribution in [0.2, 0.25) is 0 Å². The number of carbonyl (C=O) groups is 2. The van der Waals surface area contributed by atoms with Crippen molar-refractivity contribution in [2.75, 3.05) is 13.2 Å². The summed E-state index contributed by atoms with van der Waals surface area (Å²) in [7, 11) is 0. The molecule has 0 spiro atoms. The summed E-state index contributed by atoms with van der Waals surface area (Å²) >= 11 is 0. The van der Waals surface area contributed by atoms with Gasteiger partial charge in [-0.3, -0.25) is 4.79 Å². The van der Waals surface area contributed by atoms with Crippen LogP contribution in [0.25, 0.3) is 0 Å². The van der Waals surface area contributed by atoms with E-state index >= 15 is 0 Å². The van der Waals surface area contributed by atoms with Crippen LogP contribution in [0, 0.1) is 11.8 Å². The maximum absolute atomic E-state index is 12.1. The Bertz CT molecular complexity index is 613. The van der Waals surface area contributed by atoms with E-state index in [9.17, 15) is 22.8 Å². The molecule has 4 bridgehead atoms. The molecule has 0 N–H and O–H groups in total. The molecule has 0 amide bonds. The molecule has 0 aromatic heterocycles. The summed E-state index contributed by atoms with van der Waals surface area (Å²) in [6.07, 6.45) is -1.21. The van der Waals surface area contributed by atoms with Crippen LogP contribution in [-0.2, 0) is 23.8 Å². The van der Waals surface area contributed by atoms with E-state index < -0.39 is 35.7 Å². The van der Waals surface area contributed by atoms with Crippen LogP contribution in [0.1, 0.15) is 51.9 Å². The summed E-state index contributed by atoms with van der Waals surface area (Å²) in [6, 6.07) is 0. The van der Waals surface area contributed by atoms with E-state index in [1.165, 1.54) is 0 Å². The van der Waals surface area contributed by atoms with E-state index in [4.69, 9.17) is 9.47 Å². The van der Waals surface area contributed by atoms with Crippen molar-refractivity contribution >= 4 is 11.9 Å². The topological polar surface area (TPSA) is 61.8 Å². The van der Waals surface area contributed by atoms with Gasteiger partial charge in [0.15, 0.2) is 0 Å². The Morgan fingerprint density at radius 1 is 1.07 bits per heavy atom. The fourth-order valence-corrected chi connectivity index (χ4v) is 5.30. The molecule has 8 heteroatoms. The highest BCUT2D eigenvalue weighted by Crippen LogP contribution is 2.60. The van der Waals surface area contributed by atoms with Gasteiger partial charge in [0.25, 0.3) is 0 Å². The van der Waals surface area contributed by atoms with E-state index in [-0.39, 0.29) is 13.2 Å². The minimum Gasteiger partial charge on any atom is -0.463 e. The highest BCUT2D eigenvalue weighted by atomic mass is 19.4. The molecule has 0 aromatic rings. The molecule has 27 heavy (non-hydrogen) atoms. The fraction of sp³-hybridized carbons (Fsp3) is 0.789. The molecular weight excluding hydrogens is 365 g/mol. The smallest absolute Gasteiger partial charge is 0.399 e.